The van der Waals surface area contributed by atoms with Gasteiger partial charge in [0.25, 0.3) is 5.91 Å². The minimum absolute atomic E-state index is 0.175. The molecule has 1 aliphatic carbocycles. The Hall–Kier alpha value is -2.99. The van der Waals surface area contributed by atoms with Gasteiger partial charge in [0.15, 0.2) is 0 Å². The standard InChI is InChI=1S/C24H26N4O2/c1-16-11-23(28-10-8-20(14-28)30-15-17-4-5-17)21-7-6-19(12-22(21)26-16)27-24(29)18-3-2-9-25-13-18/h2-3,6-7,9,11-13,17,20H,4-5,8,10,14-15H2,1H3,(H,27,29)/t20-/m0/s1. The minimum atomic E-state index is -0.175. The molecule has 154 valence electrons. The second-order valence-corrected chi connectivity index (χ2v) is 8.34. The maximum absolute atomic E-state index is 12.4. The molecule has 1 amide bonds. The Morgan fingerprint density at radius 2 is 2.13 bits per heavy atom. The van der Waals surface area contributed by atoms with Crippen molar-refractivity contribution >= 4 is 28.2 Å². The normalized spacial score (nSPS) is 18.7. The second-order valence-electron chi connectivity index (χ2n) is 8.34. The predicted molar refractivity (Wildman–Crippen MR) is 118 cm³/mol. The zero-order valence-electron chi connectivity index (χ0n) is 17.2. The summed E-state index contributed by atoms with van der Waals surface area (Å²) in [5.41, 5.74) is 4.31. The Morgan fingerprint density at radius 1 is 1.23 bits per heavy atom. The Labute approximate surface area is 176 Å². The number of hydrogen-bond acceptors (Lipinski definition) is 5. The number of ether oxygens (including phenoxy) is 1. The molecule has 0 bridgehead atoms. The molecule has 5 rings (SSSR count). The number of aryl methyl sites for hydroxylation is 1. The molecule has 1 aromatic carbocycles. The van der Waals surface area contributed by atoms with Crippen molar-refractivity contribution in [3.05, 3.63) is 60.0 Å². The molecule has 1 aliphatic heterocycles. The van der Waals surface area contributed by atoms with Gasteiger partial charge in [-0.25, -0.2) is 0 Å². The first kappa shape index (κ1) is 19.0. The molecule has 1 saturated carbocycles. The van der Waals surface area contributed by atoms with E-state index in [1.54, 1.807) is 24.5 Å². The summed E-state index contributed by atoms with van der Waals surface area (Å²) < 4.78 is 6.12. The van der Waals surface area contributed by atoms with Gasteiger partial charge >= 0.3 is 0 Å². The number of rotatable bonds is 6. The van der Waals surface area contributed by atoms with E-state index in [1.807, 2.05) is 25.1 Å². The van der Waals surface area contributed by atoms with Gasteiger partial charge in [0.05, 0.1) is 17.2 Å². The van der Waals surface area contributed by atoms with E-state index in [0.29, 0.717) is 11.7 Å². The number of carbonyl (C=O) groups is 1. The fourth-order valence-corrected chi connectivity index (χ4v) is 4.02. The summed E-state index contributed by atoms with van der Waals surface area (Å²) in [5.74, 6) is 0.619. The topological polar surface area (TPSA) is 67.3 Å². The van der Waals surface area contributed by atoms with E-state index >= 15 is 0 Å². The van der Waals surface area contributed by atoms with E-state index in [2.05, 4.69) is 21.3 Å². The molecule has 0 radical (unpaired) electrons. The highest BCUT2D eigenvalue weighted by Crippen LogP contribution is 2.33. The van der Waals surface area contributed by atoms with Crippen molar-refractivity contribution in [1.29, 1.82) is 0 Å². The summed E-state index contributed by atoms with van der Waals surface area (Å²) in [4.78, 5) is 23.6. The lowest BCUT2D eigenvalue weighted by atomic mass is 10.1. The molecule has 6 nitrogen and oxygen atoms in total. The first-order valence-corrected chi connectivity index (χ1v) is 10.6. The van der Waals surface area contributed by atoms with E-state index in [9.17, 15) is 4.79 Å². The molecule has 30 heavy (non-hydrogen) atoms. The van der Waals surface area contributed by atoms with Crippen LogP contribution in [-0.2, 0) is 4.74 Å². The number of fused-ring (bicyclic) bond motifs is 1. The number of amides is 1. The number of anilines is 2. The van der Waals surface area contributed by atoms with Crippen LogP contribution in [0.1, 0.15) is 35.3 Å². The third-order valence-corrected chi connectivity index (χ3v) is 5.85. The zero-order chi connectivity index (χ0) is 20.5. The lowest BCUT2D eigenvalue weighted by molar-refractivity contribution is 0.0605. The van der Waals surface area contributed by atoms with Crippen LogP contribution in [0.25, 0.3) is 10.9 Å². The van der Waals surface area contributed by atoms with Crippen LogP contribution in [-0.4, -0.2) is 41.7 Å². The average molecular weight is 402 g/mol. The number of benzene rings is 1. The van der Waals surface area contributed by atoms with Crippen LogP contribution in [0.4, 0.5) is 11.4 Å². The molecule has 1 N–H and O–H groups in total. The summed E-state index contributed by atoms with van der Waals surface area (Å²) >= 11 is 0. The van der Waals surface area contributed by atoms with E-state index in [0.717, 1.165) is 54.3 Å². The predicted octanol–water partition coefficient (Wildman–Crippen LogP) is 4.20. The number of nitrogens with zero attached hydrogens (tertiary/aromatic N) is 3. The summed E-state index contributed by atoms with van der Waals surface area (Å²) in [6.45, 7) is 4.84. The summed E-state index contributed by atoms with van der Waals surface area (Å²) in [6, 6.07) is 11.6. The fourth-order valence-electron chi connectivity index (χ4n) is 4.02. The van der Waals surface area contributed by atoms with Crippen molar-refractivity contribution < 1.29 is 9.53 Å². The summed E-state index contributed by atoms with van der Waals surface area (Å²) in [5, 5.41) is 4.05. The molecular weight excluding hydrogens is 376 g/mol. The molecule has 0 spiro atoms. The van der Waals surface area contributed by atoms with Crippen molar-refractivity contribution in [1.82, 2.24) is 9.97 Å². The highest BCUT2D eigenvalue weighted by molar-refractivity contribution is 6.05. The van der Waals surface area contributed by atoms with Gasteiger partial charge in [-0.1, -0.05) is 0 Å². The van der Waals surface area contributed by atoms with E-state index in [4.69, 9.17) is 9.72 Å². The number of nitrogens with one attached hydrogen (secondary N) is 1. The SMILES string of the molecule is Cc1cc(N2CC[C@H](OCC3CC3)C2)c2ccc(NC(=O)c3cccnc3)cc2n1. The summed E-state index contributed by atoms with van der Waals surface area (Å²) in [6.07, 6.45) is 7.24. The third kappa shape index (κ3) is 4.14. The second kappa shape index (κ2) is 8.03. The maximum Gasteiger partial charge on any atom is 0.257 e. The molecule has 2 fully saturated rings. The van der Waals surface area contributed by atoms with Gasteiger partial charge in [-0.2, -0.15) is 0 Å². The van der Waals surface area contributed by atoms with E-state index in [1.165, 1.54) is 18.5 Å². The number of hydrogen-bond donors (Lipinski definition) is 1. The van der Waals surface area contributed by atoms with Gasteiger partial charge < -0.3 is 15.0 Å². The van der Waals surface area contributed by atoms with E-state index < -0.39 is 0 Å². The molecule has 0 unspecified atom stereocenters. The number of aromatic nitrogens is 2. The lowest BCUT2D eigenvalue weighted by Gasteiger charge is -2.21. The third-order valence-electron chi connectivity index (χ3n) is 5.85. The van der Waals surface area contributed by atoms with Crippen LogP contribution in [0.5, 0.6) is 0 Å². The molecule has 3 aromatic rings. The number of carbonyl (C=O) groups excluding carboxylic acids is 1. The zero-order valence-corrected chi connectivity index (χ0v) is 17.2. The molecule has 1 atom stereocenters. The monoisotopic (exact) mass is 402 g/mol. The van der Waals surface area contributed by atoms with Crippen LogP contribution < -0.4 is 10.2 Å². The van der Waals surface area contributed by atoms with Crippen LogP contribution in [0.3, 0.4) is 0 Å². The lowest BCUT2D eigenvalue weighted by Crippen LogP contribution is -2.23. The van der Waals surface area contributed by atoms with Gasteiger partial charge in [0.2, 0.25) is 0 Å². The van der Waals surface area contributed by atoms with Crippen molar-refractivity contribution in [2.45, 2.75) is 32.3 Å². The van der Waals surface area contributed by atoms with Gasteiger partial charge in [-0.05, 0) is 68.5 Å². The average Bonchev–Trinajstić information content (AvgIpc) is 3.47. The van der Waals surface area contributed by atoms with Crippen LogP contribution in [0.2, 0.25) is 0 Å². The Balaban J connectivity index is 1.35. The Bertz CT molecular complexity index is 1070. The van der Waals surface area contributed by atoms with E-state index in [-0.39, 0.29) is 5.91 Å². The fraction of sp³-hybridized carbons (Fsp3) is 0.375. The highest BCUT2D eigenvalue weighted by Gasteiger charge is 2.28. The molecule has 6 heteroatoms. The molecule has 3 heterocycles. The van der Waals surface area contributed by atoms with Crippen molar-refractivity contribution in [2.75, 3.05) is 29.9 Å². The number of pyridine rings is 2. The molecule has 1 saturated heterocycles. The van der Waals surface area contributed by atoms with Crippen LogP contribution in [0, 0.1) is 12.8 Å². The van der Waals surface area contributed by atoms with Crippen molar-refractivity contribution in [3.63, 3.8) is 0 Å². The Morgan fingerprint density at radius 3 is 2.93 bits per heavy atom. The first-order chi connectivity index (χ1) is 14.7. The Kier molecular flexibility index (Phi) is 5.09. The molecular formula is C24H26N4O2. The smallest absolute Gasteiger partial charge is 0.257 e. The minimum Gasteiger partial charge on any atom is -0.376 e. The largest absolute Gasteiger partial charge is 0.376 e. The van der Waals surface area contributed by atoms with Crippen LogP contribution >= 0.6 is 0 Å². The quantitative estimate of drug-likeness (QED) is 0.669. The first-order valence-electron chi connectivity index (χ1n) is 10.6. The molecule has 2 aliphatic rings. The van der Waals surface area contributed by atoms with Gasteiger partial charge in [0, 0.05) is 54.5 Å². The van der Waals surface area contributed by atoms with Crippen molar-refractivity contribution in [3.8, 4) is 0 Å². The van der Waals surface area contributed by atoms with Gasteiger partial charge in [-0.3, -0.25) is 14.8 Å². The molecule has 2 aromatic heterocycles. The maximum atomic E-state index is 12.4. The van der Waals surface area contributed by atoms with Crippen molar-refractivity contribution in [2.24, 2.45) is 5.92 Å². The summed E-state index contributed by atoms with van der Waals surface area (Å²) in [7, 11) is 0. The van der Waals surface area contributed by atoms with Gasteiger partial charge in [0.1, 0.15) is 0 Å². The highest BCUT2D eigenvalue weighted by atomic mass is 16.5. The van der Waals surface area contributed by atoms with Crippen LogP contribution in [0.15, 0.2) is 48.8 Å². The van der Waals surface area contributed by atoms with Gasteiger partial charge in [-0.15, -0.1) is 0 Å².